The van der Waals surface area contributed by atoms with Crippen LogP contribution in [0.2, 0.25) is 4.34 Å². The Morgan fingerprint density at radius 1 is 1.64 bits per heavy atom. The molecule has 14 heavy (non-hydrogen) atoms. The number of hydrogen-bond acceptors (Lipinski definition) is 3. The van der Waals surface area contributed by atoms with Gasteiger partial charge in [0.25, 0.3) is 0 Å². The first-order valence-corrected chi connectivity index (χ1v) is 5.47. The largest absolute Gasteiger partial charge is 0.393 e. The van der Waals surface area contributed by atoms with Crippen molar-refractivity contribution >= 4 is 46.1 Å². The third kappa shape index (κ3) is 4.04. The first-order valence-electron chi connectivity index (χ1n) is 3.87. The Balaban J connectivity index is 2.34. The van der Waals surface area contributed by atoms with E-state index in [0.717, 1.165) is 4.88 Å². The zero-order valence-corrected chi connectivity index (χ0v) is 9.64. The lowest BCUT2D eigenvalue weighted by Crippen LogP contribution is -2.26. The van der Waals surface area contributed by atoms with Crippen LogP contribution in [0.15, 0.2) is 12.1 Å². The highest BCUT2D eigenvalue weighted by molar-refractivity contribution is 7.80. The summed E-state index contributed by atoms with van der Waals surface area (Å²) in [4.78, 5) is 12.3. The third-order valence-electron chi connectivity index (χ3n) is 1.42. The first kappa shape index (κ1) is 11.4. The highest BCUT2D eigenvalue weighted by Crippen LogP contribution is 2.20. The van der Waals surface area contributed by atoms with Crippen LogP contribution in [0.1, 0.15) is 11.3 Å². The van der Waals surface area contributed by atoms with Gasteiger partial charge in [-0.3, -0.25) is 4.79 Å². The zero-order valence-electron chi connectivity index (χ0n) is 7.25. The van der Waals surface area contributed by atoms with Gasteiger partial charge >= 0.3 is 0 Å². The number of amides is 1. The highest BCUT2D eigenvalue weighted by atomic mass is 35.5. The lowest BCUT2D eigenvalue weighted by Gasteiger charge is -2.01. The molecular formula is C8H9ClN2OS2. The van der Waals surface area contributed by atoms with Gasteiger partial charge in [-0.1, -0.05) is 23.8 Å². The number of thiophene rings is 1. The number of rotatable bonds is 4. The number of thiocarbonyl (C=S) groups is 1. The maximum absolute atomic E-state index is 11.1. The number of nitrogens with one attached hydrogen (secondary N) is 1. The molecule has 0 spiro atoms. The van der Waals surface area contributed by atoms with E-state index >= 15 is 0 Å². The molecule has 0 saturated heterocycles. The van der Waals surface area contributed by atoms with E-state index < -0.39 is 0 Å². The van der Waals surface area contributed by atoms with Crippen molar-refractivity contribution in [3.63, 3.8) is 0 Å². The molecule has 6 heteroatoms. The molecule has 0 radical (unpaired) electrons. The van der Waals surface area contributed by atoms with Crippen LogP contribution >= 0.6 is 35.2 Å². The van der Waals surface area contributed by atoms with Gasteiger partial charge in [0.05, 0.1) is 22.3 Å². The van der Waals surface area contributed by atoms with Crippen molar-refractivity contribution in [2.45, 2.75) is 13.0 Å². The van der Waals surface area contributed by atoms with Crippen molar-refractivity contribution in [1.29, 1.82) is 0 Å². The monoisotopic (exact) mass is 248 g/mol. The van der Waals surface area contributed by atoms with Crippen molar-refractivity contribution in [3.8, 4) is 0 Å². The Hall–Kier alpha value is -0.650. The lowest BCUT2D eigenvalue weighted by molar-refractivity contribution is -0.120. The van der Waals surface area contributed by atoms with Crippen LogP contribution in [0.5, 0.6) is 0 Å². The molecule has 0 saturated carbocycles. The van der Waals surface area contributed by atoms with Gasteiger partial charge in [0.2, 0.25) is 5.91 Å². The maximum Gasteiger partial charge on any atom is 0.227 e. The van der Waals surface area contributed by atoms with Crippen molar-refractivity contribution in [3.05, 3.63) is 21.3 Å². The number of hydrogen-bond donors (Lipinski definition) is 2. The van der Waals surface area contributed by atoms with E-state index in [-0.39, 0.29) is 17.3 Å². The quantitative estimate of drug-likeness (QED) is 0.798. The predicted octanol–water partition coefficient (Wildman–Crippen LogP) is 1.69. The molecule has 1 rings (SSSR count). The molecule has 1 aromatic heterocycles. The summed E-state index contributed by atoms with van der Waals surface area (Å²) >= 11 is 11.8. The Bertz CT molecular complexity index is 351. The van der Waals surface area contributed by atoms with Crippen molar-refractivity contribution in [2.24, 2.45) is 5.73 Å². The average molecular weight is 249 g/mol. The van der Waals surface area contributed by atoms with E-state index in [1.807, 2.05) is 6.07 Å². The van der Waals surface area contributed by atoms with Crippen LogP contribution in [0, 0.1) is 0 Å². The van der Waals surface area contributed by atoms with Gasteiger partial charge < -0.3 is 11.1 Å². The Morgan fingerprint density at radius 3 is 2.86 bits per heavy atom. The molecular weight excluding hydrogens is 240 g/mol. The fourth-order valence-electron chi connectivity index (χ4n) is 0.853. The summed E-state index contributed by atoms with van der Waals surface area (Å²) in [5.41, 5.74) is 5.22. The summed E-state index contributed by atoms with van der Waals surface area (Å²) in [5.74, 6) is -0.165. The second-order valence-electron chi connectivity index (χ2n) is 2.63. The summed E-state index contributed by atoms with van der Waals surface area (Å²) in [7, 11) is 0. The third-order valence-corrected chi connectivity index (χ3v) is 2.80. The van der Waals surface area contributed by atoms with Crippen LogP contribution in [-0.4, -0.2) is 10.9 Å². The summed E-state index contributed by atoms with van der Waals surface area (Å²) in [6.07, 6.45) is 0.0917. The molecule has 0 atom stereocenters. The van der Waals surface area contributed by atoms with Crippen LogP contribution in [0.4, 0.5) is 0 Å². The van der Waals surface area contributed by atoms with Gasteiger partial charge in [0.1, 0.15) is 0 Å². The SMILES string of the molecule is NC(=S)CC(=O)NCc1ccc(Cl)s1. The summed E-state index contributed by atoms with van der Waals surface area (Å²) in [6, 6.07) is 3.66. The number of carbonyl (C=O) groups excluding carboxylic acids is 1. The van der Waals surface area contributed by atoms with Crippen molar-refractivity contribution in [2.75, 3.05) is 0 Å². The van der Waals surface area contributed by atoms with E-state index in [1.165, 1.54) is 11.3 Å². The lowest BCUT2D eigenvalue weighted by atomic mass is 10.4. The van der Waals surface area contributed by atoms with E-state index in [4.69, 9.17) is 17.3 Å². The molecule has 1 amide bonds. The van der Waals surface area contributed by atoms with Crippen molar-refractivity contribution in [1.82, 2.24) is 5.32 Å². The molecule has 76 valence electrons. The normalized spacial score (nSPS) is 9.79. The van der Waals surface area contributed by atoms with Gasteiger partial charge in [0.15, 0.2) is 0 Å². The van der Waals surface area contributed by atoms with Crippen LogP contribution in [0.25, 0.3) is 0 Å². The molecule has 0 aliphatic rings. The molecule has 0 unspecified atom stereocenters. The molecule has 1 aromatic rings. The Labute approximate surface area is 96.2 Å². The fraction of sp³-hybridized carbons (Fsp3) is 0.250. The highest BCUT2D eigenvalue weighted by Gasteiger charge is 2.03. The molecule has 0 fully saturated rings. The van der Waals surface area contributed by atoms with E-state index in [2.05, 4.69) is 17.5 Å². The van der Waals surface area contributed by atoms with Gasteiger partial charge in [-0.05, 0) is 12.1 Å². The van der Waals surface area contributed by atoms with E-state index in [0.29, 0.717) is 10.9 Å². The van der Waals surface area contributed by atoms with Gasteiger partial charge in [-0.25, -0.2) is 0 Å². The van der Waals surface area contributed by atoms with E-state index in [1.54, 1.807) is 6.07 Å². The number of halogens is 1. The molecule has 3 nitrogen and oxygen atoms in total. The van der Waals surface area contributed by atoms with Gasteiger partial charge in [-0.2, -0.15) is 0 Å². The maximum atomic E-state index is 11.1. The molecule has 0 bridgehead atoms. The van der Waals surface area contributed by atoms with E-state index in [9.17, 15) is 4.79 Å². The molecule has 1 heterocycles. The topological polar surface area (TPSA) is 55.1 Å². The second-order valence-corrected chi connectivity index (χ2v) is 4.95. The minimum atomic E-state index is -0.165. The zero-order chi connectivity index (χ0) is 10.6. The summed E-state index contributed by atoms with van der Waals surface area (Å²) in [5, 5.41) is 2.69. The van der Waals surface area contributed by atoms with Crippen molar-refractivity contribution < 1.29 is 4.79 Å². The number of carbonyl (C=O) groups is 1. The minimum absolute atomic E-state index is 0.0917. The molecule has 0 aromatic carbocycles. The summed E-state index contributed by atoms with van der Waals surface area (Å²) in [6.45, 7) is 0.471. The minimum Gasteiger partial charge on any atom is -0.393 e. The fourth-order valence-corrected chi connectivity index (χ4v) is 2.01. The molecule has 3 N–H and O–H groups in total. The van der Waals surface area contributed by atoms with Gasteiger partial charge in [0, 0.05) is 4.88 Å². The molecule has 0 aliphatic heterocycles. The Morgan fingerprint density at radius 2 is 2.36 bits per heavy atom. The van der Waals surface area contributed by atoms with Crippen LogP contribution in [-0.2, 0) is 11.3 Å². The number of nitrogens with two attached hydrogens (primary N) is 1. The van der Waals surface area contributed by atoms with Crippen LogP contribution in [0.3, 0.4) is 0 Å². The van der Waals surface area contributed by atoms with Gasteiger partial charge in [-0.15, -0.1) is 11.3 Å². The standard InChI is InChI=1S/C8H9ClN2OS2/c9-6-2-1-5(14-6)4-11-8(12)3-7(10)13/h1-2H,3-4H2,(H2,10,13)(H,11,12). The Kier molecular flexibility index (Phi) is 4.31. The molecule has 0 aliphatic carbocycles. The summed E-state index contributed by atoms with van der Waals surface area (Å²) < 4.78 is 0.712. The first-order chi connectivity index (χ1) is 6.58. The second kappa shape index (κ2) is 5.29. The van der Waals surface area contributed by atoms with Crippen LogP contribution < -0.4 is 11.1 Å². The average Bonchev–Trinajstić information content (AvgIpc) is 2.47. The smallest absolute Gasteiger partial charge is 0.227 e. The predicted molar refractivity (Wildman–Crippen MR) is 62.6 cm³/mol.